The monoisotopic (exact) mass is 238 g/mol. The molecule has 0 radical (unpaired) electrons. The third kappa shape index (κ3) is 3.94. The van der Waals surface area contributed by atoms with Crippen molar-refractivity contribution in [2.45, 2.75) is 11.3 Å². The van der Waals surface area contributed by atoms with Crippen LogP contribution in [-0.2, 0) is 4.79 Å². The van der Waals surface area contributed by atoms with Gasteiger partial charge in [0.25, 0.3) is 5.91 Å². The molecule has 0 bridgehead atoms. The summed E-state index contributed by atoms with van der Waals surface area (Å²) >= 11 is 4.14. The summed E-state index contributed by atoms with van der Waals surface area (Å²) in [5, 5.41) is 5.14. The van der Waals surface area contributed by atoms with E-state index in [1.165, 1.54) is 0 Å². The van der Waals surface area contributed by atoms with Crippen LogP contribution in [0.1, 0.15) is 16.8 Å². The summed E-state index contributed by atoms with van der Waals surface area (Å²) in [4.78, 5) is 23.2. The van der Waals surface area contributed by atoms with Crippen molar-refractivity contribution in [2.75, 3.05) is 13.6 Å². The van der Waals surface area contributed by atoms with Crippen LogP contribution in [0.15, 0.2) is 29.2 Å². The van der Waals surface area contributed by atoms with Crippen LogP contribution in [0.3, 0.4) is 0 Å². The maximum absolute atomic E-state index is 11.6. The molecule has 2 amide bonds. The van der Waals surface area contributed by atoms with Crippen molar-refractivity contribution in [1.82, 2.24) is 10.6 Å². The molecule has 1 aromatic rings. The number of hydrogen-bond acceptors (Lipinski definition) is 3. The molecule has 86 valence electrons. The third-order valence-electron chi connectivity index (χ3n) is 2.02. The van der Waals surface area contributed by atoms with Crippen LogP contribution in [0.2, 0.25) is 0 Å². The summed E-state index contributed by atoms with van der Waals surface area (Å²) in [5.74, 6) is -0.289. The van der Waals surface area contributed by atoms with Gasteiger partial charge in [-0.2, -0.15) is 0 Å². The van der Waals surface area contributed by atoms with Gasteiger partial charge in [-0.05, 0) is 18.2 Å². The fraction of sp³-hybridized carbons (Fsp3) is 0.273. The molecule has 0 heterocycles. The van der Waals surface area contributed by atoms with Crippen molar-refractivity contribution < 1.29 is 9.59 Å². The Morgan fingerprint density at radius 3 is 2.75 bits per heavy atom. The van der Waals surface area contributed by atoms with Gasteiger partial charge in [-0.15, -0.1) is 12.6 Å². The summed E-state index contributed by atoms with van der Waals surface area (Å²) in [6.45, 7) is 0.329. The number of thiol groups is 1. The van der Waals surface area contributed by atoms with Gasteiger partial charge >= 0.3 is 0 Å². The molecule has 16 heavy (non-hydrogen) atoms. The Bertz CT molecular complexity index is 393. The first-order valence-corrected chi connectivity index (χ1v) is 5.36. The average molecular weight is 238 g/mol. The van der Waals surface area contributed by atoms with E-state index in [0.717, 1.165) is 4.90 Å². The molecule has 0 spiro atoms. The maximum atomic E-state index is 11.6. The standard InChI is InChI=1S/C11H14N2O2S/c1-12-10(14)5-6-13-11(15)8-3-2-4-9(16)7-8/h2-4,7,16H,5-6H2,1H3,(H,12,14)(H,13,15). The van der Waals surface area contributed by atoms with E-state index in [-0.39, 0.29) is 18.2 Å². The smallest absolute Gasteiger partial charge is 0.251 e. The fourth-order valence-corrected chi connectivity index (χ4v) is 1.39. The van der Waals surface area contributed by atoms with Gasteiger partial charge in [-0.3, -0.25) is 9.59 Å². The van der Waals surface area contributed by atoms with E-state index in [4.69, 9.17) is 0 Å². The first kappa shape index (κ1) is 12.6. The third-order valence-corrected chi connectivity index (χ3v) is 2.30. The van der Waals surface area contributed by atoms with Gasteiger partial charge in [0, 0.05) is 30.5 Å². The van der Waals surface area contributed by atoms with E-state index in [0.29, 0.717) is 12.1 Å². The minimum Gasteiger partial charge on any atom is -0.359 e. The number of hydrogen-bond donors (Lipinski definition) is 3. The van der Waals surface area contributed by atoms with Crippen molar-refractivity contribution in [3.05, 3.63) is 29.8 Å². The van der Waals surface area contributed by atoms with E-state index in [2.05, 4.69) is 23.3 Å². The second kappa shape index (κ2) is 6.17. The predicted molar refractivity (Wildman–Crippen MR) is 64.7 cm³/mol. The van der Waals surface area contributed by atoms with Crippen LogP contribution in [0, 0.1) is 0 Å². The molecule has 0 aliphatic rings. The van der Waals surface area contributed by atoms with Gasteiger partial charge in [0.15, 0.2) is 0 Å². The largest absolute Gasteiger partial charge is 0.359 e. The Kier molecular flexibility index (Phi) is 4.85. The predicted octanol–water partition coefficient (Wildman–Crippen LogP) is 0.841. The molecule has 0 atom stereocenters. The number of carbonyl (C=O) groups is 2. The van der Waals surface area contributed by atoms with Crippen LogP contribution >= 0.6 is 12.6 Å². The Hall–Kier alpha value is -1.49. The molecule has 0 saturated heterocycles. The van der Waals surface area contributed by atoms with Gasteiger partial charge in [-0.1, -0.05) is 6.07 Å². The Balaban J connectivity index is 2.44. The van der Waals surface area contributed by atoms with Crippen molar-refractivity contribution in [3.63, 3.8) is 0 Å². The molecule has 0 aromatic heterocycles. The maximum Gasteiger partial charge on any atom is 0.251 e. The minimum atomic E-state index is -0.195. The SMILES string of the molecule is CNC(=O)CCNC(=O)c1cccc(S)c1. The van der Waals surface area contributed by atoms with E-state index >= 15 is 0 Å². The van der Waals surface area contributed by atoms with E-state index in [1.54, 1.807) is 31.3 Å². The highest BCUT2D eigenvalue weighted by atomic mass is 32.1. The second-order valence-corrected chi connectivity index (χ2v) is 3.75. The zero-order valence-corrected chi connectivity index (χ0v) is 9.88. The summed E-state index contributed by atoms with van der Waals surface area (Å²) in [7, 11) is 1.56. The lowest BCUT2D eigenvalue weighted by Crippen LogP contribution is -2.29. The number of benzene rings is 1. The summed E-state index contributed by atoms with van der Waals surface area (Å²) in [6, 6.07) is 6.94. The first-order valence-electron chi connectivity index (χ1n) is 4.91. The van der Waals surface area contributed by atoms with Crippen molar-refractivity contribution in [3.8, 4) is 0 Å². The zero-order chi connectivity index (χ0) is 12.0. The summed E-state index contributed by atoms with van der Waals surface area (Å²) in [5.41, 5.74) is 0.546. The molecule has 1 rings (SSSR count). The molecule has 0 aliphatic heterocycles. The van der Waals surface area contributed by atoms with Crippen molar-refractivity contribution in [2.24, 2.45) is 0 Å². The lowest BCUT2D eigenvalue weighted by Gasteiger charge is -2.04. The second-order valence-electron chi connectivity index (χ2n) is 3.23. The molecule has 4 nitrogen and oxygen atoms in total. The number of nitrogens with one attached hydrogen (secondary N) is 2. The van der Waals surface area contributed by atoms with E-state index < -0.39 is 0 Å². The summed E-state index contributed by atoms with van der Waals surface area (Å²) in [6.07, 6.45) is 0.281. The molecule has 0 saturated carbocycles. The van der Waals surface area contributed by atoms with Crippen LogP contribution in [0.5, 0.6) is 0 Å². The highest BCUT2D eigenvalue weighted by Crippen LogP contribution is 2.08. The quantitative estimate of drug-likeness (QED) is 0.681. The van der Waals surface area contributed by atoms with Crippen molar-refractivity contribution in [1.29, 1.82) is 0 Å². The number of carbonyl (C=O) groups excluding carboxylic acids is 2. The minimum absolute atomic E-state index is 0.0942. The van der Waals surface area contributed by atoms with Gasteiger partial charge in [0.05, 0.1) is 0 Å². The number of rotatable bonds is 4. The molecule has 2 N–H and O–H groups in total. The van der Waals surface area contributed by atoms with Gasteiger partial charge < -0.3 is 10.6 Å². The highest BCUT2D eigenvalue weighted by molar-refractivity contribution is 7.80. The highest BCUT2D eigenvalue weighted by Gasteiger charge is 2.05. The van der Waals surface area contributed by atoms with Gasteiger partial charge in [-0.25, -0.2) is 0 Å². The normalized spacial score (nSPS) is 9.62. The van der Waals surface area contributed by atoms with Crippen LogP contribution < -0.4 is 10.6 Å². The molecular formula is C11H14N2O2S. The molecular weight excluding hydrogens is 224 g/mol. The molecule has 0 aliphatic carbocycles. The first-order chi connectivity index (χ1) is 7.63. The lowest BCUT2D eigenvalue weighted by molar-refractivity contribution is -0.120. The van der Waals surface area contributed by atoms with E-state index in [1.807, 2.05) is 0 Å². The van der Waals surface area contributed by atoms with Crippen molar-refractivity contribution >= 4 is 24.4 Å². The summed E-state index contributed by atoms with van der Waals surface area (Å²) < 4.78 is 0. The van der Waals surface area contributed by atoms with Crippen LogP contribution in [0.4, 0.5) is 0 Å². The van der Waals surface area contributed by atoms with Crippen LogP contribution in [-0.4, -0.2) is 25.4 Å². The average Bonchev–Trinajstić information content (AvgIpc) is 2.28. The molecule has 0 fully saturated rings. The lowest BCUT2D eigenvalue weighted by atomic mass is 10.2. The Morgan fingerprint density at radius 2 is 2.12 bits per heavy atom. The topological polar surface area (TPSA) is 58.2 Å². The zero-order valence-electron chi connectivity index (χ0n) is 8.99. The Morgan fingerprint density at radius 1 is 1.38 bits per heavy atom. The van der Waals surface area contributed by atoms with Gasteiger partial charge in [0.1, 0.15) is 0 Å². The molecule has 1 aromatic carbocycles. The van der Waals surface area contributed by atoms with Gasteiger partial charge in [0.2, 0.25) is 5.91 Å². The Labute approximate surface area is 99.8 Å². The molecule has 0 unspecified atom stereocenters. The number of amides is 2. The van der Waals surface area contributed by atoms with Crippen LogP contribution in [0.25, 0.3) is 0 Å². The molecule has 5 heteroatoms. The van der Waals surface area contributed by atoms with E-state index in [9.17, 15) is 9.59 Å². The fourth-order valence-electron chi connectivity index (χ4n) is 1.16.